The van der Waals surface area contributed by atoms with Crippen LogP contribution in [0.5, 0.6) is 5.75 Å². The maximum Gasteiger partial charge on any atom is 0.264 e. The van der Waals surface area contributed by atoms with Crippen LogP contribution in [0.25, 0.3) is 0 Å². The first kappa shape index (κ1) is 34.3. The molecule has 0 aliphatic carbocycles. The summed E-state index contributed by atoms with van der Waals surface area (Å²) in [6, 6.07) is 19.4. The van der Waals surface area contributed by atoms with E-state index in [1.54, 1.807) is 60.7 Å². The molecular formula is C32H40ClN3O5S2. The summed E-state index contributed by atoms with van der Waals surface area (Å²) in [6.07, 6.45) is 3.95. The molecule has 0 radical (unpaired) electrons. The van der Waals surface area contributed by atoms with Crippen molar-refractivity contribution in [3.63, 3.8) is 0 Å². The largest absolute Gasteiger partial charge is 0.494 e. The fourth-order valence-corrected chi connectivity index (χ4v) is 6.53. The fourth-order valence-electron chi connectivity index (χ4n) is 4.51. The standard InChI is InChI=1S/C32H40ClN3O5S2/c1-5-8-21-34-32(38)30(6-2)35(22-24-11-9-10-12-29(24)33)31(37)23-36(25-13-15-26(16-14-25)41-7-3)43(39,40)28-19-17-27(42-4)18-20-28/h9-20,30H,5-8,21-23H2,1-4H3,(H,34,38)/t30-/m0/s1. The van der Waals surface area contributed by atoms with Gasteiger partial charge in [0.1, 0.15) is 18.3 Å². The summed E-state index contributed by atoms with van der Waals surface area (Å²) in [5, 5.41) is 3.38. The predicted octanol–water partition coefficient (Wildman–Crippen LogP) is 6.38. The molecule has 3 aromatic rings. The lowest BCUT2D eigenvalue weighted by Gasteiger charge is -2.33. The molecule has 0 fully saturated rings. The summed E-state index contributed by atoms with van der Waals surface area (Å²) in [5.74, 6) is -0.246. The van der Waals surface area contributed by atoms with Crippen molar-refractivity contribution in [3.8, 4) is 5.75 Å². The molecule has 0 bridgehead atoms. The van der Waals surface area contributed by atoms with Gasteiger partial charge >= 0.3 is 0 Å². The van der Waals surface area contributed by atoms with Gasteiger partial charge in [-0.2, -0.15) is 0 Å². The Morgan fingerprint density at radius 1 is 0.977 bits per heavy atom. The van der Waals surface area contributed by atoms with Gasteiger partial charge in [0.2, 0.25) is 11.8 Å². The number of hydrogen-bond acceptors (Lipinski definition) is 6. The van der Waals surface area contributed by atoms with Crippen LogP contribution >= 0.6 is 23.4 Å². The second-order valence-corrected chi connectivity index (χ2v) is 12.9. The summed E-state index contributed by atoms with van der Waals surface area (Å²) in [7, 11) is -4.17. The second kappa shape index (κ2) is 16.6. The monoisotopic (exact) mass is 645 g/mol. The molecule has 3 aromatic carbocycles. The van der Waals surface area contributed by atoms with Crippen LogP contribution in [0.15, 0.2) is 82.6 Å². The molecule has 0 unspecified atom stereocenters. The van der Waals surface area contributed by atoms with Crippen molar-refractivity contribution in [1.82, 2.24) is 10.2 Å². The maximum atomic E-state index is 14.2. The molecule has 8 nitrogen and oxygen atoms in total. The SMILES string of the molecule is CCCCNC(=O)[C@H](CC)N(Cc1ccccc1Cl)C(=O)CN(c1ccc(OCC)cc1)S(=O)(=O)c1ccc(SC)cc1. The summed E-state index contributed by atoms with van der Waals surface area (Å²) >= 11 is 7.96. The number of carbonyl (C=O) groups is 2. The Morgan fingerprint density at radius 3 is 2.23 bits per heavy atom. The van der Waals surface area contributed by atoms with Crippen molar-refractivity contribution in [2.45, 2.75) is 62.4 Å². The maximum absolute atomic E-state index is 14.2. The summed E-state index contributed by atoms with van der Waals surface area (Å²) in [4.78, 5) is 29.9. The second-order valence-electron chi connectivity index (χ2n) is 9.80. The van der Waals surface area contributed by atoms with Gasteiger partial charge in [-0.05, 0) is 86.2 Å². The van der Waals surface area contributed by atoms with Gasteiger partial charge < -0.3 is 15.0 Å². The summed E-state index contributed by atoms with van der Waals surface area (Å²) < 4.78 is 34.8. The van der Waals surface area contributed by atoms with E-state index >= 15 is 0 Å². The minimum atomic E-state index is -4.17. The summed E-state index contributed by atoms with van der Waals surface area (Å²) in [6.45, 7) is 6.17. The van der Waals surface area contributed by atoms with E-state index in [-0.39, 0.29) is 17.3 Å². The highest BCUT2D eigenvalue weighted by atomic mass is 35.5. The number of nitrogens with zero attached hydrogens (tertiary/aromatic N) is 2. The average Bonchev–Trinajstić information content (AvgIpc) is 3.01. The highest BCUT2D eigenvalue weighted by Gasteiger charge is 2.34. The van der Waals surface area contributed by atoms with E-state index in [1.807, 2.05) is 27.0 Å². The normalized spacial score (nSPS) is 11.9. The third-order valence-corrected chi connectivity index (χ3v) is 9.78. The highest BCUT2D eigenvalue weighted by Crippen LogP contribution is 2.28. The zero-order chi connectivity index (χ0) is 31.4. The lowest BCUT2D eigenvalue weighted by atomic mass is 10.1. The van der Waals surface area contributed by atoms with E-state index < -0.39 is 28.5 Å². The van der Waals surface area contributed by atoms with E-state index in [1.165, 1.54) is 28.8 Å². The Morgan fingerprint density at radius 2 is 1.65 bits per heavy atom. The van der Waals surface area contributed by atoms with Gasteiger partial charge in [-0.3, -0.25) is 13.9 Å². The minimum Gasteiger partial charge on any atom is -0.494 e. The van der Waals surface area contributed by atoms with Crippen molar-refractivity contribution in [1.29, 1.82) is 0 Å². The number of hydrogen-bond donors (Lipinski definition) is 1. The first-order valence-corrected chi connectivity index (χ1v) is 17.4. The Bertz CT molecular complexity index is 1450. The van der Waals surface area contributed by atoms with Crippen LogP contribution in [0.4, 0.5) is 5.69 Å². The van der Waals surface area contributed by atoms with Gasteiger partial charge in [-0.1, -0.05) is 50.1 Å². The Balaban J connectivity index is 2.05. The number of benzene rings is 3. The zero-order valence-corrected chi connectivity index (χ0v) is 27.5. The molecule has 0 aromatic heterocycles. The van der Waals surface area contributed by atoms with E-state index in [4.69, 9.17) is 16.3 Å². The smallest absolute Gasteiger partial charge is 0.264 e. The van der Waals surface area contributed by atoms with Crippen molar-refractivity contribution < 1.29 is 22.7 Å². The number of thioether (sulfide) groups is 1. The van der Waals surface area contributed by atoms with Gasteiger partial charge in [0, 0.05) is 23.0 Å². The first-order valence-electron chi connectivity index (χ1n) is 14.4. The number of sulfonamides is 1. The van der Waals surface area contributed by atoms with E-state index in [9.17, 15) is 18.0 Å². The Labute approximate surface area is 264 Å². The average molecular weight is 646 g/mol. The number of ether oxygens (including phenoxy) is 1. The van der Waals surface area contributed by atoms with Gasteiger partial charge in [0.25, 0.3) is 10.0 Å². The van der Waals surface area contributed by atoms with Crippen LogP contribution < -0.4 is 14.4 Å². The van der Waals surface area contributed by atoms with Crippen LogP contribution in [-0.4, -0.2) is 57.1 Å². The lowest BCUT2D eigenvalue weighted by molar-refractivity contribution is -0.140. The van der Waals surface area contributed by atoms with Crippen molar-refractivity contribution in [2.24, 2.45) is 0 Å². The van der Waals surface area contributed by atoms with Crippen LogP contribution in [0.3, 0.4) is 0 Å². The molecule has 1 atom stereocenters. The molecule has 1 N–H and O–H groups in total. The van der Waals surface area contributed by atoms with Crippen molar-refractivity contribution in [2.75, 3.05) is 30.3 Å². The van der Waals surface area contributed by atoms with Gasteiger partial charge in [-0.15, -0.1) is 11.8 Å². The fraction of sp³-hybridized carbons (Fsp3) is 0.375. The number of nitrogens with one attached hydrogen (secondary N) is 1. The molecule has 0 saturated heterocycles. The van der Waals surface area contributed by atoms with Crippen molar-refractivity contribution >= 4 is 50.9 Å². The highest BCUT2D eigenvalue weighted by molar-refractivity contribution is 7.98. The number of unbranched alkanes of at least 4 members (excludes halogenated alkanes) is 1. The molecular weight excluding hydrogens is 606 g/mol. The molecule has 0 saturated carbocycles. The van der Waals surface area contributed by atoms with E-state index in [2.05, 4.69) is 5.32 Å². The number of rotatable bonds is 16. The number of carbonyl (C=O) groups excluding carboxylic acids is 2. The predicted molar refractivity (Wildman–Crippen MR) is 174 cm³/mol. The number of halogens is 1. The lowest BCUT2D eigenvalue weighted by Crippen LogP contribution is -2.52. The molecule has 232 valence electrons. The Kier molecular flexibility index (Phi) is 13.2. The van der Waals surface area contributed by atoms with Crippen molar-refractivity contribution in [3.05, 3.63) is 83.4 Å². The molecule has 0 spiro atoms. The topological polar surface area (TPSA) is 96.0 Å². The number of amides is 2. The number of anilines is 1. The molecule has 3 rings (SSSR count). The summed E-state index contributed by atoms with van der Waals surface area (Å²) in [5.41, 5.74) is 0.948. The van der Waals surface area contributed by atoms with Gasteiger partial charge in [-0.25, -0.2) is 8.42 Å². The zero-order valence-electron chi connectivity index (χ0n) is 25.1. The Hall–Kier alpha value is -3.21. The first-order chi connectivity index (χ1) is 20.7. The quantitative estimate of drug-likeness (QED) is 0.143. The van der Waals surface area contributed by atoms with Crippen LogP contribution in [0, 0.1) is 0 Å². The molecule has 11 heteroatoms. The third kappa shape index (κ3) is 9.14. The van der Waals surface area contributed by atoms with Gasteiger partial charge in [0.05, 0.1) is 17.2 Å². The molecule has 0 aliphatic rings. The van der Waals surface area contributed by atoms with Crippen LogP contribution in [-0.2, 0) is 26.2 Å². The third-order valence-electron chi connectivity index (χ3n) is 6.88. The minimum absolute atomic E-state index is 0.0395. The van der Waals surface area contributed by atoms with E-state index in [0.29, 0.717) is 41.6 Å². The van der Waals surface area contributed by atoms with E-state index in [0.717, 1.165) is 22.0 Å². The molecule has 0 aliphatic heterocycles. The molecule has 0 heterocycles. The molecule has 2 amide bonds. The molecule has 43 heavy (non-hydrogen) atoms. The van der Waals surface area contributed by atoms with Crippen LogP contribution in [0.1, 0.15) is 45.6 Å². The van der Waals surface area contributed by atoms with Crippen LogP contribution in [0.2, 0.25) is 5.02 Å². The van der Waals surface area contributed by atoms with Gasteiger partial charge in [0.15, 0.2) is 0 Å².